The smallest absolute Gasteiger partial charge is 0.274 e. The van der Waals surface area contributed by atoms with Gasteiger partial charge in [0.25, 0.3) is 5.91 Å². The lowest BCUT2D eigenvalue weighted by Crippen LogP contribution is -2.46. The van der Waals surface area contributed by atoms with Crippen LogP contribution in [0.1, 0.15) is 34.8 Å². The molecular formula is C19H21N3O2S. The van der Waals surface area contributed by atoms with Crippen LogP contribution in [0, 0.1) is 18.8 Å². The number of amides is 2. The Bertz CT molecular complexity index is 817. The van der Waals surface area contributed by atoms with Crippen molar-refractivity contribution < 1.29 is 9.59 Å². The van der Waals surface area contributed by atoms with Crippen molar-refractivity contribution in [2.24, 2.45) is 17.6 Å². The van der Waals surface area contributed by atoms with Crippen molar-refractivity contribution in [3.05, 3.63) is 41.0 Å². The highest BCUT2D eigenvalue weighted by Crippen LogP contribution is 2.43. The molecule has 25 heavy (non-hydrogen) atoms. The molecule has 2 aromatic rings. The van der Waals surface area contributed by atoms with Gasteiger partial charge in [0.15, 0.2) is 0 Å². The first kappa shape index (κ1) is 16.3. The molecule has 2 aliphatic rings. The van der Waals surface area contributed by atoms with Gasteiger partial charge in [0.05, 0.1) is 9.88 Å². The van der Waals surface area contributed by atoms with Crippen LogP contribution < -0.4 is 5.73 Å². The first-order valence-corrected chi connectivity index (χ1v) is 9.51. The number of aryl methyl sites for hydroxylation is 1. The molecule has 0 radical (unpaired) electrons. The maximum atomic E-state index is 13.3. The Morgan fingerprint density at radius 3 is 2.72 bits per heavy atom. The number of likely N-dealkylation sites (tertiary alicyclic amines) is 1. The first-order valence-electron chi connectivity index (χ1n) is 8.69. The molecule has 1 saturated heterocycles. The number of hydrogen-bond acceptors (Lipinski definition) is 4. The van der Waals surface area contributed by atoms with Gasteiger partial charge >= 0.3 is 0 Å². The van der Waals surface area contributed by atoms with Gasteiger partial charge in [-0.3, -0.25) is 9.59 Å². The summed E-state index contributed by atoms with van der Waals surface area (Å²) in [6, 6.07) is 9.31. The predicted octanol–water partition coefficient (Wildman–Crippen LogP) is 2.84. The van der Waals surface area contributed by atoms with Crippen molar-refractivity contribution in [2.45, 2.75) is 32.2 Å². The number of fused-ring (bicyclic) bond motifs is 1. The minimum absolute atomic E-state index is 0.165. The second-order valence-corrected chi connectivity index (χ2v) is 8.14. The summed E-state index contributed by atoms with van der Waals surface area (Å²) in [7, 11) is 0. The average Bonchev–Trinajstić information content (AvgIpc) is 3.28. The Hall–Kier alpha value is -2.21. The summed E-state index contributed by atoms with van der Waals surface area (Å²) in [6.45, 7) is 2.51. The summed E-state index contributed by atoms with van der Waals surface area (Å²) in [4.78, 5) is 32.4. The van der Waals surface area contributed by atoms with E-state index in [-0.39, 0.29) is 11.8 Å². The van der Waals surface area contributed by atoms with Crippen LogP contribution in [0.3, 0.4) is 0 Å². The third-order valence-corrected chi connectivity index (χ3v) is 6.44. The zero-order valence-electron chi connectivity index (χ0n) is 14.1. The fourth-order valence-corrected chi connectivity index (χ4v) is 5.29. The van der Waals surface area contributed by atoms with E-state index in [9.17, 15) is 9.59 Å². The lowest BCUT2D eigenvalue weighted by Gasteiger charge is -2.25. The maximum Gasteiger partial charge on any atom is 0.274 e. The molecule has 0 spiro atoms. The highest BCUT2D eigenvalue weighted by Gasteiger charge is 2.49. The molecule has 3 unspecified atom stereocenters. The van der Waals surface area contributed by atoms with E-state index in [2.05, 4.69) is 4.98 Å². The fraction of sp³-hybridized carbons (Fsp3) is 0.421. The molecule has 2 heterocycles. The summed E-state index contributed by atoms with van der Waals surface area (Å²) < 4.78 is 0. The van der Waals surface area contributed by atoms with Gasteiger partial charge < -0.3 is 10.6 Å². The van der Waals surface area contributed by atoms with E-state index in [1.165, 1.54) is 11.3 Å². The zero-order valence-corrected chi connectivity index (χ0v) is 15.0. The largest absolute Gasteiger partial charge is 0.368 e. The van der Waals surface area contributed by atoms with Gasteiger partial charge in [-0.05, 0) is 37.2 Å². The number of thiazole rings is 1. The molecule has 1 saturated carbocycles. The first-order chi connectivity index (χ1) is 12.1. The summed E-state index contributed by atoms with van der Waals surface area (Å²) in [6.07, 6.45) is 3.16. The van der Waals surface area contributed by atoms with E-state index < -0.39 is 11.9 Å². The number of nitrogens with zero attached hydrogens (tertiary/aromatic N) is 2. The third kappa shape index (κ3) is 2.74. The maximum absolute atomic E-state index is 13.3. The van der Waals surface area contributed by atoms with E-state index in [0.29, 0.717) is 18.2 Å². The normalized spacial score (nSPS) is 25.2. The number of aromatic nitrogens is 1. The van der Waals surface area contributed by atoms with Crippen LogP contribution in [0.15, 0.2) is 30.3 Å². The Morgan fingerprint density at radius 2 is 2.00 bits per heavy atom. The van der Waals surface area contributed by atoms with Crippen LogP contribution in [0.4, 0.5) is 0 Å². The van der Waals surface area contributed by atoms with Crippen LogP contribution in [-0.2, 0) is 4.79 Å². The summed E-state index contributed by atoms with van der Waals surface area (Å²) in [5.41, 5.74) is 7.09. The quantitative estimate of drug-likeness (QED) is 0.920. The highest BCUT2D eigenvalue weighted by molar-refractivity contribution is 7.15. The molecule has 0 bridgehead atoms. The number of carbonyl (C=O) groups is 2. The minimum atomic E-state index is -0.495. The molecule has 1 aromatic heterocycles. The standard InChI is InChI=1S/C19H21N3O2S/c1-11-21-15(17(25-11)12-6-3-2-4-7-12)19(24)22-10-13-8-5-9-14(13)16(22)18(20)23/h2-4,6-7,13-14,16H,5,8-10H2,1H3,(H2,20,23). The number of primary amides is 1. The molecule has 5 nitrogen and oxygen atoms in total. The highest BCUT2D eigenvalue weighted by atomic mass is 32.1. The summed E-state index contributed by atoms with van der Waals surface area (Å²) >= 11 is 1.51. The third-order valence-electron chi connectivity index (χ3n) is 5.42. The Morgan fingerprint density at radius 1 is 1.24 bits per heavy atom. The van der Waals surface area contributed by atoms with Gasteiger partial charge in [-0.1, -0.05) is 36.8 Å². The second-order valence-electron chi connectivity index (χ2n) is 6.94. The van der Waals surface area contributed by atoms with Crippen LogP contribution in [0.5, 0.6) is 0 Å². The Balaban J connectivity index is 1.71. The van der Waals surface area contributed by atoms with Crippen molar-refractivity contribution in [3.8, 4) is 10.4 Å². The molecule has 1 aliphatic carbocycles. The van der Waals surface area contributed by atoms with E-state index in [0.717, 1.165) is 34.7 Å². The van der Waals surface area contributed by atoms with Crippen LogP contribution in [0.25, 0.3) is 10.4 Å². The topological polar surface area (TPSA) is 76.3 Å². The van der Waals surface area contributed by atoms with E-state index in [4.69, 9.17) is 5.73 Å². The SMILES string of the molecule is Cc1nc(C(=O)N2CC3CCCC3C2C(N)=O)c(-c2ccccc2)s1. The predicted molar refractivity (Wildman–Crippen MR) is 97.1 cm³/mol. The summed E-state index contributed by atoms with van der Waals surface area (Å²) in [5, 5.41) is 0.845. The molecular weight excluding hydrogens is 334 g/mol. The number of carbonyl (C=O) groups excluding carboxylic acids is 2. The molecule has 3 atom stereocenters. The number of rotatable bonds is 3. The molecule has 1 aliphatic heterocycles. The molecule has 4 rings (SSSR count). The van der Waals surface area contributed by atoms with Gasteiger partial charge in [-0.25, -0.2) is 4.98 Å². The molecule has 2 amide bonds. The number of nitrogens with two attached hydrogens (primary N) is 1. The van der Waals surface area contributed by atoms with Crippen molar-refractivity contribution >= 4 is 23.2 Å². The lowest BCUT2D eigenvalue weighted by atomic mass is 9.93. The number of benzene rings is 1. The van der Waals surface area contributed by atoms with Crippen molar-refractivity contribution in [3.63, 3.8) is 0 Å². The molecule has 6 heteroatoms. The molecule has 2 N–H and O–H groups in total. The van der Waals surface area contributed by atoms with E-state index >= 15 is 0 Å². The van der Waals surface area contributed by atoms with Gasteiger partial charge in [-0.2, -0.15) is 0 Å². The molecule has 2 fully saturated rings. The van der Waals surface area contributed by atoms with Crippen LogP contribution >= 0.6 is 11.3 Å². The van der Waals surface area contributed by atoms with Crippen LogP contribution in [-0.4, -0.2) is 34.3 Å². The molecule has 1 aromatic carbocycles. The molecule has 130 valence electrons. The van der Waals surface area contributed by atoms with Crippen molar-refractivity contribution in [1.82, 2.24) is 9.88 Å². The Kier molecular flexibility index (Phi) is 4.07. The Labute approximate surface area is 150 Å². The van der Waals surface area contributed by atoms with Gasteiger partial charge in [0.1, 0.15) is 11.7 Å². The van der Waals surface area contributed by atoms with E-state index in [1.807, 2.05) is 37.3 Å². The van der Waals surface area contributed by atoms with Crippen molar-refractivity contribution in [2.75, 3.05) is 6.54 Å². The van der Waals surface area contributed by atoms with Gasteiger partial charge in [0.2, 0.25) is 5.91 Å². The number of hydrogen-bond donors (Lipinski definition) is 1. The minimum Gasteiger partial charge on any atom is -0.368 e. The fourth-order valence-electron chi connectivity index (χ4n) is 4.37. The monoisotopic (exact) mass is 355 g/mol. The lowest BCUT2D eigenvalue weighted by molar-refractivity contribution is -0.122. The second kappa shape index (κ2) is 6.26. The van der Waals surface area contributed by atoms with Gasteiger partial charge in [-0.15, -0.1) is 11.3 Å². The van der Waals surface area contributed by atoms with E-state index in [1.54, 1.807) is 4.90 Å². The summed E-state index contributed by atoms with van der Waals surface area (Å²) in [5.74, 6) is 0.0417. The average molecular weight is 355 g/mol. The van der Waals surface area contributed by atoms with Gasteiger partial charge in [0, 0.05) is 6.54 Å². The van der Waals surface area contributed by atoms with Crippen molar-refractivity contribution in [1.29, 1.82) is 0 Å². The van der Waals surface area contributed by atoms with Crippen LogP contribution in [0.2, 0.25) is 0 Å². The zero-order chi connectivity index (χ0) is 17.6.